The molecule has 0 saturated carbocycles. The molecule has 67 valence electrons. The first-order valence-electron chi connectivity index (χ1n) is 3.61. The Hall–Kier alpha value is -0.620. The summed E-state index contributed by atoms with van der Waals surface area (Å²) in [6.45, 7) is 6.51. The number of hydrogen-bond acceptors (Lipinski definition) is 2. The smallest absolute Gasteiger partial charge is 0.324 e. The van der Waals surface area contributed by atoms with Crippen LogP contribution in [0.2, 0.25) is 0 Å². The molecule has 0 amide bonds. The van der Waals surface area contributed by atoms with Gasteiger partial charge in [0.15, 0.2) is 5.60 Å². The third-order valence-electron chi connectivity index (χ3n) is 1.19. The molecule has 0 atom stereocenters. The first-order chi connectivity index (χ1) is 5.19. The largest absolute Gasteiger partial charge is 0.445 e. The van der Waals surface area contributed by atoms with Crippen molar-refractivity contribution in [2.75, 3.05) is 0 Å². The molecule has 0 heterocycles. The van der Waals surface area contributed by atoms with Gasteiger partial charge >= 0.3 is 5.97 Å². The Morgan fingerprint density at radius 2 is 1.83 bits per heavy atom. The van der Waals surface area contributed by atoms with Crippen LogP contribution < -0.4 is 0 Å². The maximum Gasteiger partial charge on any atom is 0.324 e. The van der Waals surface area contributed by atoms with Crippen molar-refractivity contribution in [1.82, 2.24) is 0 Å². The third-order valence-corrected chi connectivity index (χ3v) is 1.35. The van der Waals surface area contributed by atoms with Crippen molar-refractivity contribution in [2.24, 2.45) is 0 Å². The summed E-state index contributed by atoms with van der Waals surface area (Å²) < 4.78 is 4.06. The fourth-order valence-corrected chi connectivity index (χ4v) is 0.426. The van der Waals surface area contributed by atoms with Gasteiger partial charge in [0.25, 0.3) is 0 Å². The van der Waals surface area contributed by atoms with Crippen molar-refractivity contribution in [2.45, 2.75) is 38.0 Å². The summed E-state index contributed by atoms with van der Waals surface area (Å²) in [7, 11) is 0. The van der Waals surface area contributed by atoms with E-state index in [2.05, 4.69) is 5.92 Å². The number of ether oxygens (including phenoxy) is 1. The molecule has 0 aliphatic carbocycles. The van der Waals surface area contributed by atoms with Crippen LogP contribution >= 0.6 is 12.6 Å². The summed E-state index contributed by atoms with van der Waals surface area (Å²) in [4.78, 5) is 11.2. The molecular formula is C9H13O2S. The molecule has 12 heavy (non-hydrogen) atoms. The zero-order valence-corrected chi connectivity index (χ0v) is 8.62. The highest BCUT2D eigenvalue weighted by Crippen LogP contribution is 2.18. The van der Waals surface area contributed by atoms with E-state index in [0.717, 1.165) is 0 Å². The van der Waals surface area contributed by atoms with E-state index < -0.39 is 16.3 Å². The zero-order chi connectivity index (χ0) is 9.99. The molecule has 1 radical (unpaired) electrons. The number of carbonyl (C=O) groups is 1. The van der Waals surface area contributed by atoms with Crippen molar-refractivity contribution in [3.8, 4) is 12.3 Å². The molecule has 0 aromatic heterocycles. The standard InChI is InChI=1S/C9H13O2S/c1-6-8(2,3)11-7(10)9(4,5)12/h1H,2-5H3. The van der Waals surface area contributed by atoms with E-state index in [1.807, 2.05) is 0 Å². The minimum Gasteiger partial charge on any atom is -0.445 e. The maximum atomic E-state index is 11.2. The molecule has 0 aromatic rings. The lowest BCUT2D eigenvalue weighted by Gasteiger charge is -2.23. The van der Waals surface area contributed by atoms with Crippen LogP contribution in [-0.4, -0.2) is 16.3 Å². The van der Waals surface area contributed by atoms with Gasteiger partial charge in [0.1, 0.15) is 4.75 Å². The van der Waals surface area contributed by atoms with E-state index in [1.165, 1.54) is 0 Å². The van der Waals surface area contributed by atoms with E-state index >= 15 is 0 Å². The molecule has 0 bridgehead atoms. The highest BCUT2D eigenvalue weighted by Gasteiger charge is 2.30. The predicted octanol–water partition coefficient (Wildman–Crippen LogP) is 1.92. The van der Waals surface area contributed by atoms with Gasteiger partial charge in [-0.05, 0) is 27.7 Å². The van der Waals surface area contributed by atoms with Crippen molar-refractivity contribution in [3.05, 3.63) is 0 Å². The summed E-state index contributed by atoms with van der Waals surface area (Å²) in [5.74, 6) is 1.90. The molecule has 0 fully saturated rings. The lowest BCUT2D eigenvalue weighted by Crippen LogP contribution is -2.35. The third kappa shape index (κ3) is 3.68. The molecular weight excluding hydrogens is 172 g/mol. The molecule has 0 N–H and O–H groups in total. The van der Waals surface area contributed by atoms with Gasteiger partial charge in [-0.3, -0.25) is 4.79 Å². The Labute approximate surface area is 79.1 Å². The van der Waals surface area contributed by atoms with Gasteiger partial charge in [0.2, 0.25) is 0 Å². The molecule has 0 aliphatic rings. The summed E-state index contributed by atoms with van der Waals surface area (Å²) >= 11 is 4.88. The summed E-state index contributed by atoms with van der Waals surface area (Å²) in [5, 5.41) is 0. The molecule has 2 nitrogen and oxygen atoms in total. The van der Waals surface area contributed by atoms with Gasteiger partial charge in [-0.15, -0.1) is 6.42 Å². The lowest BCUT2D eigenvalue weighted by molar-refractivity contribution is -0.153. The summed E-state index contributed by atoms with van der Waals surface area (Å²) in [6.07, 6.45) is 5.14. The van der Waals surface area contributed by atoms with E-state index in [0.29, 0.717) is 0 Å². The van der Waals surface area contributed by atoms with Crippen LogP contribution in [0.4, 0.5) is 0 Å². The average molecular weight is 185 g/mol. The molecule has 0 saturated heterocycles. The molecule has 0 rings (SSSR count). The van der Waals surface area contributed by atoms with Crippen LogP contribution in [0.15, 0.2) is 0 Å². The highest BCUT2D eigenvalue weighted by atomic mass is 32.1. The fourth-order valence-electron chi connectivity index (χ4n) is 0.384. The Morgan fingerprint density at radius 1 is 1.42 bits per heavy atom. The molecule has 0 aliphatic heterocycles. The summed E-state index contributed by atoms with van der Waals surface area (Å²) in [6, 6.07) is 0. The Balaban J connectivity index is 4.33. The second-order valence-electron chi connectivity index (χ2n) is 3.55. The van der Waals surface area contributed by atoms with E-state index in [1.54, 1.807) is 27.7 Å². The van der Waals surface area contributed by atoms with Gasteiger partial charge in [-0.1, -0.05) is 18.5 Å². The van der Waals surface area contributed by atoms with Crippen LogP contribution in [0, 0.1) is 12.3 Å². The Kier molecular flexibility index (Phi) is 3.23. The second-order valence-corrected chi connectivity index (χ2v) is 4.58. The highest BCUT2D eigenvalue weighted by molar-refractivity contribution is 7.82. The molecule has 0 spiro atoms. The summed E-state index contributed by atoms with van der Waals surface area (Å²) in [5.41, 5.74) is -0.868. The number of hydrogen-bond donors (Lipinski definition) is 0. The van der Waals surface area contributed by atoms with Crippen molar-refractivity contribution in [1.29, 1.82) is 0 Å². The SMILES string of the molecule is C#CC(C)(C)OC(=O)C(C)(C)[S]. The van der Waals surface area contributed by atoms with Gasteiger partial charge in [-0.25, -0.2) is 0 Å². The second kappa shape index (κ2) is 3.40. The van der Waals surface area contributed by atoms with Crippen molar-refractivity contribution in [3.63, 3.8) is 0 Å². The first-order valence-corrected chi connectivity index (χ1v) is 4.01. The fraction of sp³-hybridized carbons (Fsp3) is 0.667. The van der Waals surface area contributed by atoms with E-state index in [4.69, 9.17) is 23.8 Å². The number of carbonyl (C=O) groups excluding carboxylic acids is 1. The minimum atomic E-state index is -0.909. The van der Waals surface area contributed by atoms with Crippen molar-refractivity contribution >= 4 is 18.6 Å². The van der Waals surface area contributed by atoms with Crippen LogP contribution in [0.1, 0.15) is 27.7 Å². The lowest BCUT2D eigenvalue weighted by atomic mass is 10.1. The monoisotopic (exact) mass is 185 g/mol. The van der Waals surface area contributed by atoms with E-state index in [-0.39, 0.29) is 0 Å². The zero-order valence-electron chi connectivity index (χ0n) is 7.80. The van der Waals surface area contributed by atoms with Crippen LogP contribution in [0.3, 0.4) is 0 Å². The number of terminal acetylenes is 1. The van der Waals surface area contributed by atoms with Crippen LogP contribution in [-0.2, 0) is 9.53 Å². The van der Waals surface area contributed by atoms with Gasteiger partial charge in [-0.2, -0.15) is 0 Å². The van der Waals surface area contributed by atoms with Gasteiger partial charge < -0.3 is 4.74 Å². The molecule has 0 aromatic carbocycles. The average Bonchev–Trinajstić information content (AvgIpc) is 1.85. The van der Waals surface area contributed by atoms with Crippen LogP contribution in [0.25, 0.3) is 0 Å². The maximum absolute atomic E-state index is 11.2. The molecule has 3 heteroatoms. The molecule has 0 unspecified atom stereocenters. The minimum absolute atomic E-state index is 0.458. The van der Waals surface area contributed by atoms with Gasteiger partial charge in [0.05, 0.1) is 0 Å². The van der Waals surface area contributed by atoms with E-state index in [9.17, 15) is 4.79 Å². The van der Waals surface area contributed by atoms with Crippen LogP contribution in [0.5, 0.6) is 0 Å². The normalized spacial score (nSPS) is 12.0. The number of esters is 1. The Bertz CT molecular complexity index is 218. The Morgan fingerprint density at radius 3 is 2.08 bits per heavy atom. The van der Waals surface area contributed by atoms with Crippen molar-refractivity contribution < 1.29 is 9.53 Å². The first kappa shape index (κ1) is 11.4. The topological polar surface area (TPSA) is 26.3 Å². The van der Waals surface area contributed by atoms with Gasteiger partial charge in [0, 0.05) is 0 Å². The quantitative estimate of drug-likeness (QED) is 0.485. The predicted molar refractivity (Wildman–Crippen MR) is 50.7 cm³/mol. The number of rotatable bonds is 2.